The molecule has 5 aliphatic carbocycles. The minimum atomic E-state index is -1.53. The third-order valence-corrected chi connectivity index (χ3v) is 26.5. The number of fused-ring (bicyclic) bond motifs is 22. The van der Waals surface area contributed by atoms with E-state index in [-0.39, 0.29) is 105 Å². The van der Waals surface area contributed by atoms with Gasteiger partial charge < -0.3 is 64.4 Å². The molecule has 0 aromatic rings. The lowest BCUT2D eigenvalue weighted by atomic mass is 9.57. The summed E-state index contributed by atoms with van der Waals surface area (Å²) in [6.45, 7) is 9.00. The van der Waals surface area contributed by atoms with Crippen LogP contribution in [0.15, 0.2) is 24.3 Å². The number of halogens is 2. The maximum atomic E-state index is 16.1. The molecule has 2 N–H and O–H groups in total. The Balaban J connectivity index is 1.17. The predicted molar refractivity (Wildman–Crippen MR) is 404 cm³/mol. The molecule has 592 valence electrons. The van der Waals surface area contributed by atoms with Gasteiger partial charge in [-0.2, -0.15) is 0 Å². The lowest BCUT2D eigenvalue weighted by Crippen LogP contribution is -2.71. The molecule has 0 aromatic heterocycles. The van der Waals surface area contributed by atoms with Crippen LogP contribution in [0.3, 0.4) is 0 Å². The van der Waals surface area contributed by atoms with Gasteiger partial charge in [-0.15, -0.1) is 23.2 Å². The average Bonchev–Trinajstić information content (AvgIpc) is 0.856. The first-order chi connectivity index (χ1) is 50.2. The highest BCUT2D eigenvalue weighted by Crippen LogP contribution is 2.53. The molecule has 11 rings (SSSR count). The number of nitrogens with zero attached hydrogens (tertiary/aromatic N) is 10. The van der Waals surface area contributed by atoms with Crippen LogP contribution in [-0.2, 0) is 62.3 Å². The van der Waals surface area contributed by atoms with Crippen LogP contribution in [0.1, 0.15) is 202 Å². The highest BCUT2D eigenvalue weighted by Gasteiger charge is 2.62. The van der Waals surface area contributed by atoms with E-state index in [1.165, 1.54) is 86.4 Å². The summed E-state index contributed by atoms with van der Waals surface area (Å²) >= 11 is 13.4. The fourth-order valence-corrected chi connectivity index (χ4v) is 19.2. The summed E-state index contributed by atoms with van der Waals surface area (Å²) < 4.78 is 6.23. The second kappa shape index (κ2) is 36.5. The van der Waals surface area contributed by atoms with Crippen LogP contribution >= 0.6 is 23.2 Å². The minimum absolute atomic E-state index is 0.0188. The Morgan fingerprint density at radius 3 is 1.92 bits per heavy atom. The van der Waals surface area contributed by atoms with Crippen molar-refractivity contribution >= 4 is 94.1 Å². The zero-order valence-electron chi connectivity index (χ0n) is 65.6. The molecule has 6 fully saturated rings. The van der Waals surface area contributed by atoms with Crippen molar-refractivity contribution in [3.63, 3.8) is 0 Å². The van der Waals surface area contributed by atoms with Crippen molar-refractivity contribution in [3.05, 3.63) is 24.3 Å². The monoisotopic (exact) mass is 1520 g/mol. The van der Waals surface area contributed by atoms with Gasteiger partial charge >= 0.3 is 0 Å². The lowest BCUT2D eigenvalue weighted by molar-refractivity contribution is -0.174. The molecule has 1 saturated heterocycles. The summed E-state index contributed by atoms with van der Waals surface area (Å²) in [6.07, 6.45) is 19.1. The van der Waals surface area contributed by atoms with Crippen LogP contribution in [0.2, 0.25) is 0 Å². The standard InChI is InChI=1S/C79H124Cl2N12O13/c1-14-49(3)67-75(103)92(54-35-36-54)46-66(96)87(10)60-28-20-17-23-39-91(74(60)102)62-41-52-31-29-50(30-32-52)24-18-16-19-27-59(69(97)83-67)86(9)65(95)43-61(71(99)84(6)7)88(11)76(104)68(53-25-21-22-26-53)89(12)77(105)79(47-78(4,5)48-79)90(13)73(101)63-42-55(106-15-2)44-93(63)70(98)58(82-64(94)45-85(8)72(62)100)38-34-51-33-37-56(80)57(81)40-51/h17-18,20,24,49-63,67-68H,14-16,19,21-23,25-48H2,1-13H3,(H,82,94)(H,83,97)/b20-17-,24-18+/t49-,50?,51?,52?,55+,56?,57?,58-,59-,60-,61-,62-,63-,67-,68-/m0/s1. The zero-order valence-corrected chi connectivity index (χ0v) is 67.1. The van der Waals surface area contributed by atoms with Crippen LogP contribution < -0.4 is 10.6 Å². The number of carbonyl (C=O) groups excluding carboxylic acids is 12. The summed E-state index contributed by atoms with van der Waals surface area (Å²) in [5, 5.41) is 5.56. The Hall–Kier alpha value is -6.34. The Labute approximate surface area is 639 Å². The highest BCUT2D eigenvalue weighted by molar-refractivity contribution is 6.30. The zero-order chi connectivity index (χ0) is 77.4. The third-order valence-electron chi connectivity index (χ3n) is 25.3. The van der Waals surface area contributed by atoms with E-state index in [1.807, 2.05) is 46.8 Å². The van der Waals surface area contributed by atoms with Crippen molar-refractivity contribution in [1.82, 2.24) is 59.6 Å². The topological polar surface area (TPSA) is 271 Å². The molecule has 0 aromatic carbocycles. The van der Waals surface area contributed by atoms with Gasteiger partial charge in [-0.3, -0.25) is 57.5 Å². The van der Waals surface area contributed by atoms with Crippen LogP contribution in [0.25, 0.3) is 0 Å². The fourth-order valence-electron chi connectivity index (χ4n) is 18.6. The number of hydrogen-bond acceptors (Lipinski definition) is 13. The summed E-state index contributed by atoms with van der Waals surface area (Å²) in [6, 6.07) is -9.84. The van der Waals surface area contributed by atoms with E-state index in [1.54, 1.807) is 19.0 Å². The molecule has 6 aliphatic heterocycles. The van der Waals surface area contributed by atoms with Gasteiger partial charge in [0.25, 0.3) is 0 Å². The van der Waals surface area contributed by atoms with E-state index < -0.39 is 162 Å². The summed E-state index contributed by atoms with van der Waals surface area (Å²) in [5.74, 6) is -7.30. The molecule has 12 amide bonds. The van der Waals surface area contributed by atoms with Crippen LogP contribution in [0.5, 0.6) is 0 Å². The van der Waals surface area contributed by atoms with Gasteiger partial charge in [-0.25, -0.2) is 0 Å². The van der Waals surface area contributed by atoms with Crippen molar-refractivity contribution in [3.8, 4) is 0 Å². The largest absolute Gasteiger partial charge is 0.377 e. The van der Waals surface area contributed by atoms with Gasteiger partial charge in [0.2, 0.25) is 70.9 Å². The Kier molecular flexibility index (Phi) is 28.8. The van der Waals surface area contributed by atoms with E-state index >= 15 is 52.7 Å². The number of likely N-dealkylation sites (N-methyl/N-ethyl adjacent to an activating group) is 7. The quantitative estimate of drug-likeness (QED) is 0.130. The van der Waals surface area contributed by atoms with E-state index in [9.17, 15) is 4.79 Å². The number of amides is 12. The number of ether oxygens (including phenoxy) is 1. The van der Waals surface area contributed by atoms with Crippen molar-refractivity contribution in [2.75, 3.05) is 89.2 Å². The Morgan fingerprint density at radius 1 is 0.623 bits per heavy atom. The van der Waals surface area contributed by atoms with E-state index in [4.69, 9.17) is 27.9 Å². The smallest absolute Gasteiger partial charge is 0.249 e. The lowest BCUT2D eigenvalue weighted by Gasteiger charge is -2.58. The Bertz CT molecular complexity index is 3250. The maximum Gasteiger partial charge on any atom is 0.249 e. The van der Waals surface area contributed by atoms with Gasteiger partial charge in [0.1, 0.15) is 60.4 Å². The van der Waals surface area contributed by atoms with E-state index in [0.29, 0.717) is 70.6 Å². The van der Waals surface area contributed by atoms with Crippen LogP contribution in [0, 0.1) is 35.0 Å². The van der Waals surface area contributed by atoms with E-state index in [0.717, 1.165) is 44.9 Å². The normalized spacial score (nSPS) is 33.6. The summed E-state index contributed by atoms with van der Waals surface area (Å²) in [5.41, 5.74) is -1.99. The van der Waals surface area contributed by atoms with Gasteiger partial charge in [-0.05, 0) is 177 Å². The molecule has 13 atom stereocenters. The second-order valence-electron chi connectivity index (χ2n) is 33.7. The summed E-state index contributed by atoms with van der Waals surface area (Å²) in [7, 11) is 12.2. The van der Waals surface area contributed by atoms with Crippen molar-refractivity contribution in [2.24, 2.45) is 35.0 Å². The van der Waals surface area contributed by atoms with Crippen molar-refractivity contribution < 1.29 is 62.3 Å². The first kappa shape index (κ1) is 83.7. The molecular weight excluding hydrogens is 1400 g/mol. The van der Waals surface area contributed by atoms with Crippen molar-refractivity contribution in [2.45, 2.75) is 278 Å². The average molecular weight is 1520 g/mol. The van der Waals surface area contributed by atoms with Gasteiger partial charge in [0, 0.05) is 93.9 Å². The molecular formula is C79H124Cl2N12O13. The molecule has 3 unspecified atom stereocenters. The SMILES string of the molecule is CCO[C@@H]1C[C@H]2C(=O)N(C)C3(CC(C)(C)C3)C(=O)N(C)[C@@H](C3CCCC3)C(=O)N(C)[C@H](C(=O)N(C)C)CC(=O)N(C)[C@H]3CCC/C=C/C4CCC(CC4)C[C@@H](C(=O)N(C)CC(=O)N[C@@H](CCC4CCC(Cl)C(Cl)C4)C(=O)N2C1)N1CC/C=C\C[C@@H](C1=O)N(C)C(=O)CN(C1CC1)C(=O)[C@H]([C@@H](C)CC)NC3=O. The number of rotatable bonds is 10. The summed E-state index contributed by atoms with van der Waals surface area (Å²) in [4.78, 5) is 200. The van der Waals surface area contributed by atoms with Gasteiger partial charge in [0.05, 0.1) is 24.4 Å². The molecule has 27 heteroatoms. The molecule has 5 saturated carbocycles. The first-order valence-corrected chi connectivity index (χ1v) is 40.6. The maximum absolute atomic E-state index is 16.1. The molecule has 11 aliphatic rings. The van der Waals surface area contributed by atoms with Crippen LogP contribution in [0.4, 0.5) is 0 Å². The second-order valence-corrected chi connectivity index (χ2v) is 34.8. The number of carbonyl (C=O) groups is 12. The third kappa shape index (κ3) is 19.4. The highest BCUT2D eigenvalue weighted by atomic mass is 35.5. The molecule has 6 bridgehead atoms. The van der Waals surface area contributed by atoms with Crippen molar-refractivity contribution in [1.29, 1.82) is 0 Å². The molecule has 106 heavy (non-hydrogen) atoms. The number of allylic oxidation sites excluding steroid dienone is 2. The minimum Gasteiger partial charge on any atom is -0.377 e. The van der Waals surface area contributed by atoms with E-state index in [2.05, 4.69) is 22.8 Å². The number of alkyl halides is 2. The molecule has 25 nitrogen and oxygen atoms in total. The predicted octanol–water partition coefficient (Wildman–Crippen LogP) is 6.74. The van der Waals surface area contributed by atoms with Gasteiger partial charge in [0.15, 0.2) is 0 Å². The molecule has 6 heterocycles. The number of hydrogen-bond donors (Lipinski definition) is 2. The Morgan fingerprint density at radius 2 is 1.29 bits per heavy atom. The fraction of sp³-hybridized carbons (Fsp3) is 0.797. The molecule has 1 spiro atoms. The van der Waals surface area contributed by atoms with Gasteiger partial charge in [-0.1, -0.05) is 71.3 Å². The van der Waals surface area contributed by atoms with Crippen LogP contribution in [-0.4, -0.2) is 286 Å². The molecule has 0 radical (unpaired) electrons. The first-order valence-electron chi connectivity index (χ1n) is 39.7. The number of nitrogens with one attached hydrogen (secondary N) is 2.